The first-order valence-electron chi connectivity index (χ1n) is 10.5. The van der Waals surface area contributed by atoms with Crippen molar-refractivity contribution >= 4 is 50.0 Å². The number of hydrogen-bond donors (Lipinski definition) is 3. The Balaban J connectivity index is 1.63. The molecule has 0 aliphatic rings. The Hall–Kier alpha value is -3.02. The van der Waals surface area contributed by atoms with Crippen molar-refractivity contribution < 1.29 is 13.2 Å². The van der Waals surface area contributed by atoms with Gasteiger partial charge in [-0.25, -0.2) is 13.4 Å². The van der Waals surface area contributed by atoms with E-state index < -0.39 is 10.0 Å². The average Bonchev–Trinajstić information content (AvgIpc) is 3.09. The maximum Gasteiger partial charge on any atom is 0.245 e. The molecule has 3 aromatic rings. The highest BCUT2D eigenvalue weighted by atomic mass is 32.2. The van der Waals surface area contributed by atoms with Crippen LogP contribution in [0.4, 0.5) is 5.69 Å². The lowest BCUT2D eigenvalue weighted by atomic mass is 10.2. The molecule has 11 heteroatoms. The van der Waals surface area contributed by atoms with Crippen LogP contribution in [0, 0.1) is 6.92 Å². The third-order valence-corrected chi connectivity index (χ3v) is 7.56. The predicted molar refractivity (Wildman–Crippen MR) is 133 cm³/mol. The van der Waals surface area contributed by atoms with Gasteiger partial charge in [0.2, 0.25) is 15.9 Å². The van der Waals surface area contributed by atoms with Crippen LogP contribution >= 0.6 is 12.2 Å². The molecule has 0 aliphatic carbocycles. The first-order chi connectivity index (χ1) is 15.7. The highest BCUT2D eigenvalue weighted by Crippen LogP contribution is 2.23. The van der Waals surface area contributed by atoms with Crippen molar-refractivity contribution in [3.63, 3.8) is 0 Å². The van der Waals surface area contributed by atoms with E-state index in [9.17, 15) is 13.2 Å². The van der Waals surface area contributed by atoms with Gasteiger partial charge in [0, 0.05) is 25.8 Å². The Kier molecular flexibility index (Phi) is 7.67. The number of amides is 1. The first kappa shape index (κ1) is 24.6. The first-order valence-corrected chi connectivity index (χ1v) is 12.4. The number of hydrazine groups is 1. The second-order valence-electron chi connectivity index (χ2n) is 7.45. The van der Waals surface area contributed by atoms with Crippen LogP contribution < -0.4 is 16.2 Å². The van der Waals surface area contributed by atoms with Gasteiger partial charge in [-0.15, -0.1) is 0 Å². The summed E-state index contributed by atoms with van der Waals surface area (Å²) in [5.74, 6) is 0.312. The van der Waals surface area contributed by atoms with Gasteiger partial charge >= 0.3 is 0 Å². The van der Waals surface area contributed by atoms with Gasteiger partial charge in [-0.05, 0) is 49.0 Å². The van der Waals surface area contributed by atoms with Crippen LogP contribution in [0.5, 0.6) is 0 Å². The molecular formula is C22H28N6O3S2. The Morgan fingerprint density at radius 2 is 1.82 bits per heavy atom. The van der Waals surface area contributed by atoms with Crippen LogP contribution in [0.2, 0.25) is 0 Å². The van der Waals surface area contributed by atoms with E-state index in [0.717, 1.165) is 16.6 Å². The molecule has 1 amide bonds. The van der Waals surface area contributed by atoms with E-state index in [2.05, 4.69) is 21.2 Å². The van der Waals surface area contributed by atoms with Crippen LogP contribution in [0.15, 0.2) is 47.4 Å². The van der Waals surface area contributed by atoms with Gasteiger partial charge in [0.05, 0.1) is 22.3 Å². The zero-order valence-electron chi connectivity index (χ0n) is 19.0. The summed E-state index contributed by atoms with van der Waals surface area (Å²) >= 11 is 5.27. The monoisotopic (exact) mass is 488 g/mol. The smallest absolute Gasteiger partial charge is 0.245 e. The van der Waals surface area contributed by atoms with Crippen molar-refractivity contribution in [3.8, 4) is 0 Å². The summed E-state index contributed by atoms with van der Waals surface area (Å²) < 4.78 is 28.9. The van der Waals surface area contributed by atoms with E-state index >= 15 is 0 Å². The molecule has 33 heavy (non-hydrogen) atoms. The molecule has 1 aromatic heterocycles. The molecular weight excluding hydrogens is 460 g/mol. The Labute approximate surface area is 199 Å². The average molecular weight is 489 g/mol. The van der Waals surface area contributed by atoms with Crippen molar-refractivity contribution in [3.05, 3.63) is 53.9 Å². The van der Waals surface area contributed by atoms with Crippen LogP contribution in [0.1, 0.15) is 25.2 Å². The fraction of sp³-hybridized carbons (Fsp3) is 0.318. The van der Waals surface area contributed by atoms with Gasteiger partial charge in [0.1, 0.15) is 5.82 Å². The molecule has 0 bridgehead atoms. The number of carbonyl (C=O) groups is 1. The molecule has 1 heterocycles. The van der Waals surface area contributed by atoms with Gasteiger partial charge in [0.15, 0.2) is 5.11 Å². The Bertz CT molecular complexity index is 1280. The number of aromatic nitrogens is 2. The van der Waals surface area contributed by atoms with Crippen molar-refractivity contribution in [1.82, 2.24) is 24.7 Å². The topological polar surface area (TPSA) is 108 Å². The maximum atomic E-state index is 12.8. The summed E-state index contributed by atoms with van der Waals surface area (Å²) in [6.07, 6.45) is 0.0669. The van der Waals surface area contributed by atoms with E-state index in [-0.39, 0.29) is 22.3 Å². The van der Waals surface area contributed by atoms with Gasteiger partial charge in [-0.2, -0.15) is 4.31 Å². The molecule has 0 saturated carbocycles. The Morgan fingerprint density at radius 3 is 2.48 bits per heavy atom. The summed E-state index contributed by atoms with van der Waals surface area (Å²) in [6, 6.07) is 12.5. The van der Waals surface area contributed by atoms with Gasteiger partial charge in [-0.1, -0.05) is 32.0 Å². The largest absolute Gasteiger partial charge is 0.331 e. The lowest BCUT2D eigenvalue weighted by Crippen LogP contribution is -2.44. The highest BCUT2D eigenvalue weighted by Gasteiger charge is 2.22. The molecule has 0 radical (unpaired) electrons. The SMILES string of the molecule is CCN(CC)S(=O)(=O)c1ccc(C)c(NC(=S)NNC(=O)Cc2nc3ccccc3n2C)c1. The van der Waals surface area contributed by atoms with Crippen molar-refractivity contribution in [2.45, 2.75) is 32.1 Å². The van der Waals surface area contributed by atoms with E-state index in [4.69, 9.17) is 12.2 Å². The number of para-hydroxylation sites is 2. The minimum absolute atomic E-state index is 0.0669. The van der Waals surface area contributed by atoms with E-state index in [0.29, 0.717) is 24.6 Å². The zero-order valence-corrected chi connectivity index (χ0v) is 20.7. The third-order valence-electron chi connectivity index (χ3n) is 5.31. The summed E-state index contributed by atoms with van der Waals surface area (Å²) in [5, 5.41) is 3.08. The fourth-order valence-electron chi connectivity index (χ4n) is 3.43. The minimum Gasteiger partial charge on any atom is -0.331 e. The number of aryl methyl sites for hydroxylation is 2. The maximum absolute atomic E-state index is 12.8. The van der Waals surface area contributed by atoms with E-state index in [1.807, 2.05) is 42.8 Å². The molecule has 0 aliphatic heterocycles. The molecule has 3 rings (SSSR count). The predicted octanol–water partition coefficient (Wildman–Crippen LogP) is 2.47. The number of thiocarbonyl (C=S) groups is 1. The van der Waals surface area contributed by atoms with Crippen molar-refractivity contribution in [1.29, 1.82) is 0 Å². The highest BCUT2D eigenvalue weighted by molar-refractivity contribution is 7.89. The fourth-order valence-corrected chi connectivity index (χ4v) is 5.08. The number of anilines is 1. The van der Waals surface area contributed by atoms with Crippen LogP contribution in [-0.2, 0) is 28.3 Å². The molecule has 0 spiro atoms. The molecule has 0 unspecified atom stereocenters. The summed E-state index contributed by atoms with van der Waals surface area (Å²) in [5.41, 5.74) is 8.32. The zero-order chi connectivity index (χ0) is 24.2. The van der Waals surface area contributed by atoms with Crippen molar-refractivity contribution in [2.75, 3.05) is 18.4 Å². The van der Waals surface area contributed by atoms with E-state index in [1.165, 1.54) is 10.4 Å². The molecule has 9 nitrogen and oxygen atoms in total. The second kappa shape index (κ2) is 10.3. The molecule has 0 atom stereocenters. The standard InChI is InChI=1S/C22H28N6O3S2/c1-5-28(6-2)33(30,31)16-12-11-15(3)18(13-16)24-22(32)26-25-21(29)14-20-23-17-9-7-8-10-19(17)27(20)4/h7-13H,5-6,14H2,1-4H3,(H,25,29)(H2,24,26,32). The summed E-state index contributed by atoms with van der Waals surface area (Å²) in [7, 11) is -1.74. The number of carbonyl (C=O) groups excluding carboxylic acids is 1. The van der Waals surface area contributed by atoms with Crippen LogP contribution in [0.3, 0.4) is 0 Å². The molecule has 3 N–H and O–H groups in total. The molecule has 0 fully saturated rings. The lowest BCUT2D eigenvalue weighted by molar-refractivity contribution is -0.121. The van der Waals surface area contributed by atoms with Crippen LogP contribution in [0.25, 0.3) is 11.0 Å². The number of rotatable bonds is 7. The third kappa shape index (κ3) is 5.49. The molecule has 2 aromatic carbocycles. The number of nitrogens with one attached hydrogen (secondary N) is 3. The molecule has 176 valence electrons. The van der Waals surface area contributed by atoms with E-state index in [1.54, 1.807) is 26.0 Å². The van der Waals surface area contributed by atoms with Gasteiger partial charge in [0.25, 0.3) is 0 Å². The van der Waals surface area contributed by atoms with Gasteiger partial charge < -0.3 is 9.88 Å². The lowest BCUT2D eigenvalue weighted by Gasteiger charge is -2.20. The number of benzene rings is 2. The normalized spacial score (nSPS) is 11.5. The number of hydrogen-bond acceptors (Lipinski definition) is 5. The van der Waals surface area contributed by atoms with Gasteiger partial charge in [-0.3, -0.25) is 15.6 Å². The number of imidazole rings is 1. The van der Waals surface area contributed by atoms with Crippen molar-refractivity contribution in [2.24, 2.45) is 7.05 Å². The number of nitrogens with zero attached hydrogens (tertiary/aromatic N) is 3. The van der Waals surface area contributed by atoms with Crippen LogP contribution in [-0.4, -0.2) is 46.4 Å². The number of sulfonamides is 1. The summed E-state index contributed by atoms with van der Waals surface area (Å²) in [6.45, 7) is 6.19. The number of fused-ring (bicyclic) bond motifs is 1. The quantitative estimate of drug-likeness (QED) is 0.346. The Morgan fingerprint density at radius 1 is 1.12 bits per heavy atom. The second-order valence-corrected chi connectivity index (χ2v) is 9.79. The minimum atomic E-state index is -3.60. The molecule has 0 saturated heterocycles. The summed E-state index contributed by atoms with van der Waals surface area (Å²) in [4.78, 5) is 17.1.